The van der Waals surface area contributed by atoms with E-state index in [1.807, 2.05) is 25.3 Å². The summed E-state index contributed by atoms with van der Waals surface area (Å²) < 4.78 is 0.849. The molecule has 0 fully saturated rings. The van der Waals surface area contributed by atoms with Crippen molar-refractivity contribution in [1.29, 1.82) is 0 Å². The van der Waals surface area contributed by atoms with Crippen molar-refractivity contribution in [1.82, 2.24) is 9.97 Å². The van der Waals surface area contributed by atoms with E-state index in [0.717, 1.165) is 26.3 Å². The van der Waals surface area contributed by atoms with Gasteiger partial charge in [0, 0.05) is 23.3 Å². The average Bonchev–Trinajstić information content (AvgIpc) is 2.90. The highest BCUT2D eigenvalue weighted by atomic mass is 32.1. The lowest BCUT2D eigenvalue weighted by atomic mass is 10.3. The second-order valence-corrected chi connectivity index (χ2v) is 5.74. The number of pyridine rings is 1. The predicted molar refractivity (Wildman–Crippen MR) is 97.4 cm³/mol. The van der Waals surface area contributed by atoms with Crippen LogP contribution in [0.25, 0.3) is 18.7 Å². The van der Waals surface area contributed by atoms with Gasteiger partial charge in [0.15, 0.2) is 0 Å². The molecule has 0 saturated carbocycles. The van der Waals surface area contributed by atoms with E-state index < -0.39 is 0 Å². The van der Waals surface area contributed by atoms with Crippen molar-refractivity contribution in [3.8, 4) is 11.8 Å². The van der Waals surface area contributed by atoms with Gasteiger partial charge < -0.3 is 10.4 Å². The lowest BCUT2D eigenvalue weighted by Gasteiger charge is -1.96. The Balaban J connectivity index is 2.11. The fourth-order valence-corrected chi connectivity index (χ4v) is 2.39. The number of rotatable bonds is 3. The van der Waals surface area contributed by atoms with Gasteiger partial charge in [-0.1, -0.05) is 18.4 Å². The van der Waals surface area contributed by atoms with Gasteiger partial charge in [0.05, 0.1) is 11.1 Å². The molecule has 0 saturated heterocycles. The Morgan fingerprint density at radius 1 is 1.43 bits per heavy atom. The Kier molecular flexibility index (Phi) is 5.73. The molecule has 0 aliphatic rings. The largest absolute Gasteiger partial charge is 0.513 e. The first-order valence-corrected chi connectivity index (χ1v) is 7.75. The van der Waals surface area contributed by atoms with Gasteiger partial charge in [0.25, 0.3) is 0 Å². The fourth-order valence-electron chi connectivity index (χ4n) is 1.64. The van der Waals surface area contributed by atoms with Crippen LogP contribution in [0.15, 0.2) is 36.2 Å². The molecule has 0 spiro atoms. The van der Waals surface area contributed by atoms with Crippen LogP contribution in [-0.2, 0) is 0 Å². The SMILES string of the molecule is C=c1sc(/C=C/C#Cc2ccc(NC)nc2)n/c1=C/C=C(\C)O. The molecule has 2 aromatic heterocycles. The summed E-state index contributed by atoms with van der Waals surface area (Å²) in [4.78, 5) is 8.62. The van der Waals surface area contributed by atoms with Crippen LogP contribution in [0, 0.1) is 11.8 Å². The Bertz CT molecular complexity index is 892. The van der Waals surface area contributed by atoms with Crippen molar-refractivity contribution >= 4 is 35.9 Å². The Morgan fingerprint density at radius 2 is 2.26 bits per heavy atom. The number of nitrogens with zero attached hydrogens (tertiary/aromatic N) is 2. The van der Waals surface area contributed by atoms with Crippen LogP contribution in [0.4, 0.5) is 5.82 Å². The number of hydrogen-bond donors (Lipinski definition) is 2. The van der Waals surface area contributed by atoms with Crippen LogP contribution >= 0.6 is 11.3 Å². The molecule has 0 bridgehead atoms. The van der Waals surface area contributed by atoms with Gasteiger partial charge >= 0.3 is 0 Å². The van der Waals surface area contributed by atoms with Crippen LogP contribution in [-0.4, -0.2) is 22.1 Å². The van der Waals surface area contributed by atoms with Gasteiger partial charge in [-0.05, 0) is 43.4 Å². The van der Waals surface area contributed by atoms with Crippen LogP contribution in [0.1, 0.15) is 17.5 Å². The van der Waals surface area contributed by atoms with E-state index >= 15 is 0 Å². The smallest absolute Gasteiger partial charge is 0.125 e. The summed E-state index contributed by atoms with van der Waals surface area (Å²) in [5.74, 6) is 7.02. The summed E-state index contributed by atoms with van der Waals surface area (Å²) >= 11 is 1.48. The first-order chi connectivity index (χ1) is 11.1. The molecule has 2 rings (SSSR count). The minimum absolute atomic E-state index is 0.234. The number of anilines is 1. The third kappa shape index (κ3) is 5.13. The lowest BCUT2D eigenvalue weighted by molar-refractivity contribution is 0.415. The maximum absolute atomic E-state index is 9.17. The molecule has 0 atom stereocenters. The van der Waals surface area contributed by atoms with Crippen LogP contribution in [0.5, 0.6) is 0 Å². The standard InChI is InChI=1S/C18H17N3OS/c1-13(22)8-10-16-14(2)23-18(21-16)7-5-4-6-15-9-11-17(19-3)20-12-15/h5,7-12,22H,2H2,1,3H3,(H,19,20)/b7-5+,13-8+,16-10+. The Hall–Kier alpha value is -2.84. The monoisotopic (exact) mass is 323 g/mol. The van der Waals surface area contributed by atoms with Crippen molar-refractivity contribution in [2.45, 2.75) is 6.92 Å². The summed E-state index contributed by atoms with van der Waals surface area (Å²) in [6.45, 7) is 5.55. The highest BCUT2D eigenvalue weighted by Gasteiger charge is 1.93. The Morgan fingerprint density at radius 3 is 2.91 bits per heavy atom. The second kappa shape index (κ2) is 7.97. The van der Waals surface area contributed by atoms with Crippen LogP contribution in [0.2, 0.25) is 0 Å². The molecule has 116 valence electrons. The zero-order valence-electron chi connectivity index (χ0n) is 13.0. The molecule has 0 aliphatic heterocycles. The highest BCUT2D eigenvalue weighted by molar-refractivity contribution is 7.10. The summed E-state index contributed by atoms with van der Waals surface area (Å²) in [7, 11) is 1.82. The van der Waals surface area contributed by atoms with Gasteiger partial charge in [-0.3, -0.25) is 0 Å². The van der Waals surface area contributed by atoms with E-state index in [4.69, 9.17) is 5.11 Å². The molecule has 0 radical (unpaired) electrons. The molecule has 2 aromatic rings. The van der Waals surface area contributed by atoms with Gasteiger partial charge in [0.2, 0.25) is 0 Å². The number of aliphatic hydroxyl groups excluding tert-OH is 1. The molecule has 0 aliphatic carbocycles. The van der Waals surface area contributed by atoms with Crippen molar-refractivity contribution in [3.05, 3.63) is 56.7 Å². The number of nitrogens with one attached hydrogen (secondary N) is 1. The molecule has 0 unspecified atom stereocenters. The molecular weight excluding hydrogens is 306 g/mol. The number of thiazole rings is 1. The van der Waals surface area contributed by atoms with Gasteiger partial charge in [-0.25, -0.2) is 9.97 Å². The quantitative estimate of drug-likeness (QED) is 0.672. The second-order valence-electron chi connectivity index (χ2n) is 4.62. The first-order valence-electron chi connectivity index (χ1n) is 6.94. The minimum Gasteiger partial charge on any atom is -0.513 e. The molecule has 0 amide bonds. The van der Waals surface area contributed by atoms with Crippen molar-refractivity contribution in [2.75, 3.05) is 12.4 Å². The first kappa shape index (κ1) is 16.5. The summed E-state index contributed by atoms with van der Waals surface area (Å²) in [6, 6.07) is 3.79. The molecule has 4 nitrogen and oxygen atoms in total. The van der Waals surface area contributed by atoms with E-state index in [1.54, 1.807) is 31.3 Å². The normalized spacial score (nSPS) is 12.3. The molecule has 23 heavy (non-hydrogen) atoms. The maximum atomic E-state index is 9.17. The number of allylic oxidation sites excluding steroid dienone is 3. The third-order valence-corrected chi connectivity index (χ3v) is 3.66. The predicted octanol–water partition coefficient (Wildman–Crippen LogP) is 2.30. The molecule has 0 aromatic carbocycles. The van der Waals surface area contributed by atoms with Gasteiger partial charge in [-0.2, -0.15) is 0 Å². The van der Waals surface area contributed by atoms with E-state index in [9.17, 15) is 0 Å². The average molecular weight is 323 g/mol. The maximum Gasteiger partial charge on any atom is 0.125 e. The molecule has 2 N–H and O–H groups in total. The van der Waals surface area contributed by atoms with Crippen molar-refractivity contribution < 1.29 is 5.11 Å². The fraction of sp³-hybridized carbons (Fsp3) is 0.111. The summed E-state index contributed by atoms with van der Waals surface area (Å²) in [5.41, 5.74) is 0.850. The minimum atomic E-state index is 0.234. The number of hydrogen-bond acceptors (Lipinski definition) is 5. The Labute approximate surface area is 139 Å². The number of aliphatic hydroxyl groups is 1. The van der Waals surface area contributed by atoms with Gasteiger partial charge in [-0.15, -0.1) is 11.3 Å². The zero-order chi connectivity index (χ0) is 16.7. The molecule has 2 heterocycles. The molecular formula is C18H17N3OS. The molecule has 5 heteroatoms. The van der Waals surface area contributed by atoms with E-state index in [2.05, 4.69) is 33.7 Å². The lowest BCUT2D eigenvalue weighted by Crippen LogP contribution is -2.18. The van der Waals surface area contributed by atoms with Crippen molar-refractivity contribution in [2.24, 2.45) is 0 Å². The summed E-state index contributed by atoms with van der Waals surface area (Å²) in [5, 5.41) is 13.7. The zero-order valence-corrected chi connectivity index (χ0v) is 13.8. The number of aromatic nitrogens is 2. The van der Waals surface area contributed by atoms with Crippen molar-refractivity contribution in [3.63, 3.8) is 0 Å². The van der Waals surface area contributed by atoms with Crippen LogP contribution < -0.4 is 15.2 Å². The third-order valence-electron chi connectivity index (χ3n) is 2.77. The van der Waals surface area contributed by atoms with Gasteiger partial charge in [0.1, 0.15) is 10.8 Å². The topological polar surface area (TPSA) is 58.0 Å². The van der Waals surface area contributed by atoms with E-state index in [-0.39, 0.29) is 5.76 Å². The van der Waals surface area contributed by atoms with E-state index in [0.29, 0.717) is 0 Å². The van der Waals surface area contributed by atoms with E-state index in [1.165, 1.54) is 11.3 Å². The highest BCUT2D eigenvalue weighted by Crippen LogP contribution is 2.02. The summed E-state index contributed by atoms with van der Waals surface area (Å²) in [6.07, 6.45) is 8.65. The van der Waals surface area contributed by atoms with Crippen LogP contribution in [0.3, 0.4) is 0 Å².